The maximum absolute atomic E-state index is 10.9. The molecule has 0 aromatic carbocycles. The summed E-state index contributed by atoms with van der Waals surface area (Å²) in [6.07, 6.45) is 2.03. The van der Waals surface area contributed by atoms with Crippen molar-refractivity contribution >= 4 is 17.7 Å². The Labute approximate surface area is 84.6 Å². The van der Waals surface area contributed by atoms with Crippen LogP contribution in [0.1, 0.15) is 20.8 Å². The summed E-state index contributed by atoms with van der Waals surface area (Å²) in [4.78, 5) is 10.9. The van der Waals surface area contributed by atoms with Gasteiger partial charge in [-0.1, -0.05) is 20.8 Å². The molecule has 4 heteroatoms. The van der Waals surface area contributed by atoms with Gasteiger partial charge in [0.1, 0.15) is 0 Å². The summed E-state index contributed by atoms with van der Waals surface area (Å²) in [6.45, 7) is 6.69. The highest BCUT2D eigenvalue weighted by atomic mass is 32.2. The minimum absolute atomic E-state index is 0.146. The summed E-state index contributed by atoms with van der Waals surface area (Å²) in [5, 5.41) is 3.42. The van der Waals surface area contributed by atoms with Crippen LogP contribution in [-0.4, -0.2) is 31.3 Å². The van der Waals surface area contributed by atoms with Crippen molar-refractivity contribution < 1.29 is 9.53 Å². The highest BCUT2D eigenvalue weighted by molar-refractivity contribution is 7.99. The zero-order chi connectivity index (χ0) is 10.5. The van der Waals surface area contributed by atoms with Crippen LogP contribution < -0.4 is 5.32 Å². The van der Waals surface area contributed by atoms with E-state index in [2.05, 4.69) is 30.8 Å². The van der Waals surface area contributed by atoms with E-state index in [4.69, 9.17) is 0 Å². The van der Waals surface area contributed by atoms with Crippen molar-refractivity contribution in [1.29, 1.82) is 0 Å². The molecule has 0 spiro atoms. The number of methoxy groups -OCH3 is 1. The summed E-state index contributed by atoms with van der Waals surface area (Å²) >= 11 is 1.71. The summed E-state index contributed by atoms with van der Waals surface area (Å²) < 4.78 is 4.55. The molecule has 0 saturated heterocycles. The van der Waals surface area contributed by atoms with Gasteiger partial charge >= 0.3 is 5.97 Å². The molecule has 1 atom stereocenters. The Bertz CT molecular complexity index is 165. The number of hydrogen-bond acceptors (Lipinski definition) is 4. The Balaban J connectivity index is 3.93. The van der Waals surface area contributed by atoms with Gasteiger partial charge in [0, 0.05) is 0 Å². The van der Waals surface area contributed by atoms with Crippen LogP contribution in [0.25, 0.3) is 0 Å². The normalized spacial score (nSPS) is 13.9. The summed E-state index contributed by atoms with van der Waals surface area (Å²) in [5.41, 5.74) is 0.146. The van der Waals surface area contributed by atoms with Gasteiger partial charge in [-0.15, -0.1) is 11.8 Å². The highest BCUT2D eigenvalue weighted by Crippen LogP contribution is 2.26. The summed E-state index contributed by atoms with van der Waals surface area (Å²) in [5.74, 6) is -0.219. The maximum atomic E-state index is 10.9. The van der Waals surface area contributed by atoms with Crippen LogP contribution in [0.5, 0.6) is 0 Å². The van der Waals surface area contributed by atoms with Crippen molar-refractivity contribution in [2.24, 2.45) is 5.41 Å². The number of thioether (sulfide) groups is 1. The van der Waals surface area contributed by atoms with Crippen molar-refractivity contribution in [2.75, 3.05) is 19.9 Å². The number of nitrogens with one attached hydrogen (secondary N) is 1. The molecule has 0 aliphatic carbocycles. The molecule has 1 unspecified atom stereocenters. The van der Waals surface area contributed by atoms with E-state index in [-0.39, 0.29) is 23.3 Å². The van der Waals surface area contributed by atoms with Gasteiger partial charge in [0.05, 0.1) is 19.0 Å². The fourth-order valence-electron chi connectivity index (χ4n) is 0.991. The van der Waals surface area contributed by atoms with Gasteiger partial charge in [-0.25, -0.2) is 0 Å². The molecule has 78 valence electrons. The van der Waals surface area contributed by atoms with Crippen LogP contribution in [0, 0.1) is 5.41 Å². The van der Waals surface area contributed by atoms with Crippen LogP contribution in [0.3, 0.4) is 0 Å². The van der Waals surface area contributed by atoms with Crippen molar-refractivity contribution in [3.63, 3.8) is 0 Å². The zero-order valence-electron chi connectivity index (χ0n) is 9.01. The van der Waals surface area contributed by atoms with Gasteiger partial charge < -0.3 is 4.74 Å². The van der Waals surface area contributed by atoms with Gasteiger partial charge in [-0.05, 0) is 11.7 Å². The molecular formula is C9H19NO2S. The second kappa shape index (κ2) is 5.50. The predicted octanol–water partition coefficient (Wildman–Crippen LogP) is 1.48. The van der Waals surface area contributed by atoms with Crippen LogP contribution in [0.15, 0.2) is 0 Å². The lowest BCUT2D eigenvalue weighted by atomic mass is 9.96. The molecule has 0 bridgehead atoms. The van der Waals surface area contributed by atoms with Crippen molar-refractivity contribution in [3.8, 4) is 0 Å². The first kappa shape index (κ1) is 12.8. The van der Waals surface area contributed by atoms with Crippen molar-refractivity contribution in [3.05, 3.63) is 0 Å². The van der Waals surface area contributed by atoms with Crippen molar-refractivity contribution in [2.45, 2.75) is 26.1 Å². The Morgan fingerprint density at radius 2 is 2.08 bits per heavy atom. The van der Waals surface area contributed by atoms with Gasteiger partial charge in [0.15, 0.2) is 0 Å². The van der Waals surface area contributed by atoms with Gasteiger partial charge in [0.2, 0.25) is 0 Å². The second-order valence-electron chi connectivity index (χ2n) is 3.94. The SMILES string of the molecule is COC(=O)CNC(SC)C(C)(C)C. The molecule has 0 aromatic heterocycles. The third kappa shape index (κ3) is 5.16. The molecule has 1 N–H and O–H groups in total. The van der Waals surface area contributed by atoms with Gasteiger partial charge in [-0.2, -0.15) is 0 Å². The Morgan fingerprint density at radius 3 is 2.38 bits per heavy atom. The average Bonchev–Trinajstić information content (AvgIpc) is 2.02. The van der Waals surface area contributed by atoms with Crippen LogP contribution in [0.4, 0.5) is 0 Å². The van der Waals surface area contributed by atoms with E-state index in [1.807, 2.05) is 6.26 Å². The van der Waals surface area contributed by atoms with E-state index < -0.39 is 0 Å². The molecule has 0 aliphatic rings. The predicted molar refractivity (Wildman–Crippen MR) is 56.8 cm³/mol. The van der Waals surface area contributed by atoms with E-state index >= 15 is 0 Å². The number of carbonyl (C=O) groups is 1. The minimum Gasteiger partial charge on any atom is -0.468 e. The first-order chi connectivity index (χ1) is 5.91. The first-order valence-corrected chi connectivity index (χ1v) is 5.53. The Hall–Kier alpha value is -0.220. The maximum Gasteiger partial charge on any atom is 0.319 e. The third-order valence-electron chi connectivity index (χ3n) is 1.68. The van der Waals surface area contributed by atoms with Crippen LogP contribution >= 0.6 is 11.8 Å². The lowest BCUT2D eigenvalue weighted by Gasteiger charge is -2.29. The lowest BCUT2D eigenvalue weighted by Crippen LogP contribution is -2.40. The van der Waals surface area contributed by atoms with E-state index in [1.54, 1.807) is 11.8 Å². The largest absolute Gasteiger partial charge is 0.468 e. The number of carbonyl (C=O) groups excluding carboxylic acids is 1. The topological polar surface area (TPSA) is 38.3 Å². The van der Waals surface area contributed by atoms with Crippen LogP contribution in [-0.2, 0) is 9.53 Å². The van der Waals surface area contributed by atoms with E-state index in [0.717, 1.165) is 0 Å². The molecule has 3 nitrogen and oxygen atoms in total. The number of ether oxygens (including phenoxy) is 1. The molecule has 0 heterocycles. The molecule has 0 aliphatic heterocycles. The molecule has 0 rings (SSSR count). The molecule has 0 amide bonds. The van der Waals surface area contributed by atoms with E-state index in [9.17, 15) is 4.79 Å². The van der Waals surface area contributed by atoms with Crippen molar-refractivity contribution in [1.82, 2.24) is 5.32 Å². The van der Waals surface area contributed by atoms with E-state index in [0.29, 0.717) is 0 Å². The zero-order valence-corrected chi connectivity index (χ0v) is 9.83. The molecule has 0 fully saturated rings. The standard InChI is InChI=1S/C9H19NO2S/c1-9(2,3)8(13-5)10-6-7(11)12-4/h8,10H,6H2,1-5H3. The summed E-state index contributed by atoms with van der Waals surface area (Å²) in [7, 11) is 1.40. The molecule has 0 radical (unpaired) electrons. The molecule has 0 saturated carbocycles. The number of hydrogen-bond donors (Lipinski definition) is 1. The monoisotopic (exact) mass is 205 g/mol. The van der Waals surface area contributed by atoms with E-state index in [1.165, 1.54) is 7.11 Å². The highest BCUT2D eigenvalue weighted by Gasteiger charge is 2.23. The Kier molecular flexibility index (Phi) is 5.40. The fraction of sp³-hybridized carbons (Fsp3) is 0.889. The number of rotatable bonds is 4. The van der Waals surface area contributed by atoms with Crippen LogP contribution in [0.2, 0.25) is 0 Å². The molecular weight excluding hydrogens is 186 g/mol. The van der Waals surface area contributed by atoms with Gasteiger partial charge in [0.25, 0.3) is 0 Å². The summed E-state index contributed by atoms with van der Waals surface area (Å²) in [6, 6.07) is 0. The first-order valence-electron chi connectivity index (χ1n) is 4.24. The lowest BCUT2D eigenvalue weighted by molar-refractivity contribution is -0.139. The average molecular weight is 205 g/mol. The molecule has 0 aromatic rings. The smallest absolute Gasteiger partial charge is 0.319 e. The fourth-order valence-corrected chi connectivity index (χ4v) is 1.95. The molecule has 13 heavy (non-hydrogen) atoms. The van der Waals surface area contributed by atoms with Gasteiger partial charge in [-0.3, -0.25) is 10.1 Å². The second-order valence-corrected chi connectivity index (χ2v) is 4.88. The number of esters is 1. The third-order valence-corrected chi connectivity index (χ3v) is 3.03. The quantitative estimate of drug-likeness (QED) is 0.557. The Morgan fingerprint density at radius 1 is 1.54 bits per heavy atom. The minimum atomic E-state index is -0.219.